The Hall–Kier alpha value is -2.38. The van der Waals surface area contributed by atoms with E-state index in [1.165, 1.54) is 6.07 Å². The summed E-state index contributed by atoms with van der Waals surface area (Å²) in [7, 11) is 0. The Morgan fingerprint density at radius 3 is 2.83 bits per heavy atom. The molecule has 0 spiro atoms. The van der Waals surface area contributed by atoms with Gasteiger partial charge < -0.3 is 0 Å². The molecule has 0 aliphatic carbocycles. The first-order valence-corrected chi connectivity index (χ1v) is 8.32. The zero-order chi connectivity index (χ0) is 16.7. The predicted octanol–water partition coefficient (Wildman–Crippen LogP) is 5.05. The lowest BCUT2D eigenvalue weighted by atomic mass is 10.1. The summed E-state index contributed by atoms with van der Waals surface area (Å²) in [6.45, 7) is 0. The molecule has 0 saturated carbocycles. The highest BCUT2D eigenvalue weighted by molar-refractivity contribution is 9.10. The number of rotatable bonds is 2. The molecule has 0 atom stereocenters. The lowest BCUT2D eigenvalue weighted by Gasteiger charge is -2.10. The average molecular weight is 401 g/mol. The number of hydrogen-bond donors (Lipinski definition) is 1. The molecule has 7 heteroatoms. The summed E-state index contributed by atoms with van der Waals surface area (Å²) in [5.41, 5.74) is 2.48. The van der Waals surface area contributed by atoms with Crippen LogP contribution in [-0.2, 0) is 0 Å². The number of nitrogens with one attached hydrogen (secondary N) is 1. The van der Waals surface area contributed by atoms with Gasteiger partial charge in [-0.2, -0.15) is 5.10 Å². The highest BCUT2D eigenvalue weighted by Gasteiger charge is 2.14. The predicted molar refractivity (Wildman–Crippen MR) is 97.1 cm³/mol. The van der Waals surface area contributed by atoms with Gasteiger partial charge in [-0.25, -0.2) is 4.39 Å². The Balaban J connectivity index is 2.01. The molecule has 0 bridgehead atoms. The molecule has 4 rings (SSSR count). The number of fused-ring (bicyclic) bond motifs is 1. The molecule has 0 radical (unpaired) electrons. The Labute approximate surface area is 150 Å². The second-order valence-electron chi connectivity index (χ2n) is 5.16. The van der Waals surface area contributed by atoms with E-state index in [1.807, 2.05) is 34.9 Å². The Kier molecular flexibility index (Phi) is 3.74. The van der Waals surface area contributed by atoms with Gasteiger partial charge in [-0.15, -0.1) is 0 Å². The number of nitrogens with zero attached hydrogens (tertiary/aromatic N) is 3. The molecule has 0 fully saturated rings. The van der Waals surface area contributed by atoms with Crippen molar-refractivity contribution in [1.29, 1.82) is 0 Å². The van der Waals surface area contributed by atoms with Gasteiger partial charge in [-0.05, 0) is 70.6 Å². The second-order valence-corrected chi connectivity index (χ2v) is 6.40. The van der Waals surface area contributed by atoms with E-state index < -0.39 is 0 Å². The minimum absolute atomic E-state index is 0.325. The van der Waals surface area contributed by atoms with Gasteiger partial charge in [0.1, 0.15) is 5.82 Å². The maximum atomic E-state index is 13.5. The van der Waals surface area contributed by atoms with Crippen molar-refractivity contribution >= 4 is 39.1 Å². The van der Waals surface area contributed by atoms with Crippen molar-refractivity contribution in [3.05, 3.63) is 69.8 Å². The summed E-state index contributed by atoms with van der Waals surface area (Å²) in [5.74, 6) is 0.283. The van der Waals surface area contributed by atoms with E-state index in [0.717, 1.165) is 22.2 Å². The molecule has 2 aromatic carbocycles. The van der Waals surface area contributed by atoms with Crippen molar-refractivity contribution in [2.24, 2.45) is 0 Å². The first-order chi connectivity index (χ1) is 11.6. The van der Waals surface area contributed by atoms with Crippen LogP contribution >= 0.6 is 28.1 Å². The molecule has 4 aromatic rings. The number of pyridine rings is 1. The Morgan fingerprint density at radius 2 is 2.00 bits per heavy atom. The summed E-state index contributed by atoms with van der Waals surface area (Å²) in [5, 5.41) is 8.10. The molecular formula is C17H10BrFN4S. The quantitative estimate of drug-likeness (QED) is 0.479. The first-order valence-electron chi connectivity index (χ1n) is 7.12. The van der Waals surface area contributed by atoms with Crippen LogP contribution in [0.25, 0.3) is 28.0 Å². The van der Waals surface area contributed by atoms with Gasteiger partial charge in [0.15, 0.2) is 10.6 Å². The van der Waals surface area contributed by atoms with Gasteiger partial charge in [-0.1, -0.05) is 6.07 Å². The topological polar surface area (TPSA) is 46.5 Å². The monoisotopic (exact) mass is 400 g/mol. The van der Waals surface area contributed by atoms with E-state index in [1.54, 1.807) is 18.3 Å². The molecule has 2 aromatic heterocycles. The van der Waals surface area contributed by atoms with E-state index in [4.69, 9.17) is 12.2 Å². The lowest BCUT2D eigenvalue weighted by molar-refractivity contribution is 0.621. The van der Waals surface area contributed by atoms with Crippen LogP contribution in [0, 0.1) is 10.6 Å². The first kappa shape index (κ1) is 15.2. The maximum Gasteiger partial charge on any atom is 0.200 e. The van der Waals surface area contributed by atoms with E-state index >= 15 is 0 Å². The normalized spacial score (nSPS) is 11.1. The zero-order valence-corrected chi connectivity index (χ0v) is 14.6. The zero-order valence-electron chi connectivity index (χ0n) is 12.2. The van der Waals surface area contributed by atoms with E-state index in [0.29, 0.717) is 15.1 Å². The van der Waals surface area contributed by atoms with Crippen molar-refractivity contribution in [1.82, 2.24) is 19.7 Å². The summed E-state index contributed by atoms with van der Waals surface area (Å²) in [4.78, 5) is 4.37. The van der Waals surface area contributed by atoms with Gasteiger partial charge in [0, 0.05) is 17.1 Å². The molecule has 2 heterocycles. The molecule has 0 amide bonds. The molecule has 0 aliphatic heterocycles. The molecule has 1 N–H and O–H groups in total. The summed E-state index contributed by atoms with van der Waals surface area (Å²) in [6.07, 6.45) is 1.75. The second kappa shape index (κ2) is 5.92. The van der Waals surface area contributed by atoms with Gasteiger partial charge in [-0.3, -0.25) is 14.6 Å². The summed E-state index contributed by atoms with van der Waals surface area (Å²) in [6, 6.07) is 14.4. The number of benzene rings is 2. The van der Waals surface area contributed by atoms with Crippen molar-refractivity contribution in [3.63, 3.8) is 0 Å². The smallest absolute Gasteiger partial charge is 0.200 e. The Morgan fingerprint density at radius 1 is 1.12 bits per heavy atom. The highest BCUT2D eigenvalue weighted by Crippen LogP contribution is 2.28. The van der Waals surface area contributed by atoms with Crippen LogP contribution < -0.4 is 0 Å². The minimum atomic E-state index is -0.325. The fourth-order valence-electron chi connectivity index (χ4n) is 2.63. The fourth-order valence-corrected chi connectivity index (χ4v) is 3.24. The van der Waals surface area contributed by atoms with Crippen LogP contribution in [0.3, 0.4) is 0 Å². The van der Waals surface area contributed by atoms with Crippen LogP contribution in [-0.4, -0.2) is 19.7 Å². The van der Waals surface area contributed by atoms with Crippen molar-refractivity contribution < 1.29 is 4.39 Å². The minimum Gasteiger partial charge on any atom is -0.267 e. The number of H-pyrrole nitrogens is 1. The number of aromatic nitrogens is 4. The lowest BCUT2D eigenvalue weighted by Crippen LogP contribution is -1.99. The number of hydrogen-bond acceptors (Lipinski definition) is 3. The number of aromatic amines is 1. The SMILES string of the molecule is Fc1ccc(-c2n[nH]c(=S)n2-c2cccc3ncccc23)cc1Br. The van der Waals surface area contributed by atoms with Crippen LogP contribution in [0.15, 0.2) is 59.2 Å². The Bertz CT molecular complexity index is 1110. The van der Waals surface area contributed by atoms with E-state index in [-0.39, 0.29) is 5.82 Å². The average Bonchev–Trinajstić information content (AvgIpc) is 2.98. The van der Waals surface area contributed by atoms with Gasteiger partial charge in [0.05, 0.1) is 15.7 Å². The van der Waals surface area contributed by atoms with Gasteiger partial charge in [0.2, 0.25) is 0 Å². The molecular weight excluding hydrogens is 391 g/mol. The van der Waals surface area contributed by atoms with E-state index in [9.17, 15) is 4.39 Å². The van der Waals surface area contributed by atoms with Crippen LogP contribution in [0.4, 0.5) is 4.39 Å². The van der Waals surface area contributed by atoms with Crippen molar-refractivity contribution in [2.45, 2.75) is 0 Å². The van der Waals surface area contributed by atoms with Crippen LogP contribution in [0.5, 0.6) is 0 Å². The van der Waals surface area contributed by atoms with Crippen molar-refractivity contribution in [2.75, 3.05) is 0 Å². The maximum absolute atomic E-state index is 13.5. The fraction of sp³-hybridized carbons (Fsp3) is 0. The molecule has 118 valence electrons. The van der Waals surface area contributed by atoms with E-state index in [2.05, 4.69) is 31.1 Å². The third-order valence-corrected chi connectivity index (χ3v) is 4.60. The number of halogens is 2. The van der Waals surface area contributed by atoms with Crippen LogP contribution in [0.1, 0.15) is 0 Å². The molecule has 24 heavy (non-hydrogen) atoms. The van der Waals surface area contributed by atoms with Gasteiger partial charge >= 0.3 is 0 Å². The third-order valence-electron chi connectivity index (χ3n) is 3.71. The highest BCUT2D eigenvalue weighted by atomic mass is 79.9. The molecule has 0 aliphatic rings. The molecule has 0 saturated heterocycles. The third kappa shape index (κ3) is 2.46. The molecule has 0 unspecified atom stereocenters. The summed E-state index contributed by atoms with van der Waals surface area (Å²) < 4.78 is 16.2. The summed E-state index contributed by atoms with van der Waals surface area (Å²) >= 11 is 8.63. The van der Waals surface area contributed by atoms with Gasteiger partial charge in [0.25, 0.3) is 0 Å². The standard InChI is InChI=1S/C17H10BrFN4S/c18-12-9-10(6-7-13(12)19)16-21-22-17(24)23(16)15-5-1-4-14-11(15)3-2-8-20-14/h1-9H,(H,22,24). The van der Waals surface area contributed by atoms with Crippen molar-refractivity contribution in [3.8, 4) is 17.1 Å². The van der Waals surface area contributed by atoms with Crippen LogP contribution in [0.2, 0.25) is 0 Å². The molecule has 4 nitrogen and oxygen atoms in total. The largest absolute Gasteiger partial charge is 0.267 e.